The molecule has 12 rings (SSSR count). The Bertz CT molecular complexity index is 3480. The molecule has 0 radical (unpaired) electrons. The van der Waals surface area contributed by atoms with E-state index in [2.05, 4.69) is 146 Å². The summed E-state index contributed by atoms with van der Waals surface area (Å²) in [7, 11) is 0. The number of rotatable bonds is 4. The summed E-state index contributed by atoms with van der Waals surface area (Å²) in [5.74, 6) is -1.46. The van der Waals surface area contributed by atoms with Crippen molar-refractivity contribution in [2.45, 2.75) is 5.91 Å². The molecule has 0 saturated heterocycles. The number of hydrogen-bond acceptors (Lipinski definition) is 0. The largest absolute Gasteiger partial charge is 0.554 e. The second-order valence-electron chi connectivity index (χ2n) is 15.1. The highest BCUT2D eigenvalue weighted by molar-refractivity contribution is 9.15. The molecule has 20 heteroatoms. The zero-order valence-corrected chi connectivity index (χ0v) is 50.0. The van der Waals surface area contributed by atoms with Gasteiger partial charge in [-0.05, 0) is 176 Å². The van der Waals surface area contributed by atoms with E-state index in [9.17, 15) is 0 Å². The van der Waals surface area contributed by atoms with E-state index in [1.54, 1.807) is 0 Å². The Morgan fingerprint density at radius 3 is 0.923 bits per heavy atom. The van der Waals surface area contributed by atoms with Gasteiger partial charge in [-0.3, -0.25) is 0 Å². The number of benzene rings is 4. The molecule has 0 unspecified atom stereocenters. The van der Waals surface area contributed by atoms with Crippen molar-refractivity contribution in [3.8, 4) is 0 Å². The zero-order chi connectivity index (χ0) is 45.8. The Balaban J connectivity index is 1.49. The fourth-order valence-corrected chi connectivity index (χ4v) is 16.8. The molecule has 1 spiro atoms. The van der Waals surface area contributed by atoms with E-state index in [0.717, 1.165) is 44.9 Å². The molecule has 6 aliphatic heterocycles. The van der Waals surface area contributed by atoms with Crippen molar-refractivity contribution in [3.05, 3.63) is 205 Å². The van der Waals surface area contributed by atoms with Crippen molar-refractivity contribution in [2.75, 3.05) is 0 Å². The molecule has 0 fully saturated rings. The topological polar surface area (TPSA) is 15.9 Å². The number of nitrogens with zero attached hydrogens (tertiary/aromatic N) is 4. The minimum absolute atomic E-state index is 0.428. The predicted octanol–water partition coefficient (Wildman–Crippen LogP) is 17.6. The van der Waals surface area contributed by atoms with Crippen LogP contribution in [0.4, 0.5) is 0 Å². The average molecular weight is 1530 g/mol. The minimum Gasteiger partial charge on any atom is -0.196 e. The van der Waals surface area contributed by atoms with Crippen molar-refractivity contribution < 1.29 is 9.15 Å². The highest BCUT2D eigenvalue weighted by atomic mass is 79.9. The van der Waals surface area contributed by atoms with Gasteiger partial charge in [-0.2, -0.15) is 9.13 Å². The molecule has 0 N–H and O–H groups in total. The second kappa shape index (κ2) is 15.8. The zero-order valence-electron chi connectivity index (χ0n) is 31.3. The molecular weight excluding hydrogens is 1520 g/mol. The SMILES string of the molecule is Clc1cccc(Cl)c1C1=C2C(Br)=C(Br)C3=[N+]2C24n5c1c(Br)c(Br)c5C(c1c(Cl)cccc1Cl)=C1C(Br)=C(Br)C(=[N+]12)C(c1c(Cl)cccc1Cl)=c1c(Br)c(Br)c(n14)=C3c1c(Cl)cccc1Cl. The van der Waals surface area contributed by atoms with Gasteiger partial charge in [0.05, 0.1) is 102 Å². The van der Waals surface area contributed by atoms with E-state index in [-0.39, 0.29) is 0 Å². The highest BCUT2D eigenvalue weighted by Crippen LogP contribution is 2.64. The smallest absolute Gasteiger partial charge is 0.196 e. The molecule has 2 aromatic heterocycles. The van der Waals surface area contributed by atoms with Gasteiger partial charge in [0.25, 0.3) is 0 Å². The van der Waals surface area contributed by atoms with E-state index < -0.39 is 5.91 Å². The number of aromatic nitrogens is 2. The summed E-state index contributed by atoms with van der Waals surface area (Å²) in [5, 5.41) is 4.87. The Labute approximate surface area is 476 Å². The Morgan fingerprint density at radius 2 is 0.631 bits per heavy atom. The molecule has 8 heterocycles. The molecule has 0 atom stereocenters. The maximum atomic E-state index is 7.33. The molecule has 6 aliphatic rings. The van der Waals surface area contributed by atoms with Crippen LogP contribution in [0.5, 0.6) is 0 Å². The van der Waals surface area contributed by atoms with E-state index in [1.165, 1.54) is 0 Å². The maximum absolute atomic E-state index is 7.33. The Hall–Kier alpha value is -0.360. The van der Waals surface area contributed by atoms with Crippen LogP contribution in [-0.4, -0.2) is 29.7 Å². The van der Waals surface area contributed by atoms with Gasteiger partial charge in [0.1, 0.15) is 17.9 Å². The number of allylic oxidation sites excluding steroid dienone is 4. The lowest BCUT2D eigenvalue weighted by Gasteiger charge is -2.41. The van der Waals surface area contributed by atoms with Gasteiger partial charge in [-0.15, -0.1) is 0 Å². The van der Waals surface area contributed by atoms with Gasteiger partial charge in [0.15, 0.2) is 0 Å². The molecule has 0 amide bonds. The standard InChI is InChI=1S/C45H12Br8Cl8N4/c46-29-31(48)39-26(22-15(56)7-2-8-16(22)57)41-33(50)35(52)43-28(24-19(60)11-4-12-20(24)61)44-36(53)34(51)42-27(23-17(58)9-3-10-18(23)59)40-32(49)30(47)38-25(21-13(54)5-1-6-14(21)55)37(29)62(39)45(63(38)40,64(41)43)65(42)44/h1-12H/q+2. The molecule has 6 aromatic rings. The van der Waals surface area contributed by atoms with Crippen molar-refractivity contribution in [2.24, 2.45) is 0 Å². The molecule has 0 bridgehead atoms. The van der Waals surface area contributed by atoms with Gasteiger partial charge in [-0.1, -0.05) is 126 Å². The quantitative estimate of drug-likeness (QED) is 0.156. The normalized spacial score (nSPS) is 17.5. The van der Waals surface area contributed by atoms with Crippen LogP contribution in [0.1, 0.15) is 33.6 Å². The van der Waals surface area contributed by atoms with Crippen molar-refractivity contribution in [3.63, 3.8) is 0 Å². The van der Waals surface area contributed by atoms with Gasteiger partial charge >= 0.3 is 5.91 Å². The van der Waals surface area contributed by atoms with Gasteiger partial charge in [0, 0.05) is 22.3 Å². The van der Waals surface area contributed by atoms with E-state index in [0.29, 0.717) is 121 Å². The molecular formula is C45H12Br8Cl8N4+2. The van der Waals surface area contributed by atoms with E-state index in [1.807, 2.05) is 72.8 Å². The highest BCUT2D eigenvalue weighted by Gasteiger charge is 2.77. The average Bonchev–Trinajstić information content (AvgIpc) is 3.88. The summed E-state index contributed by atoms with van der Waals surface area (Å²) in [4.78, 5) is 0. The van der Waals surface area contributed by atoms with Crippen molar-refractivity contribution >= 4 is 254 Å². The summed E-state index contributed by atoms with van der Waals surface area (Å²) >= 11 is 91.8. The van der Waals surface area contributed by atoms with Crippen LogP contribution < -0.4 is 10.7 Å². The first-order valence-electron chi connectivity index (χ1n) is 18.7. The van der Waals surface area contributed by atoms with Crippen LogP contribution in [0.2, 0.25) is 40.2 Å². The Kier molecular flexibility index (Phi) is 11.1. The summed E-state index contributed by atoms with van der Waals surface area (Å²) in [6, 6.07) is 21.9. The minimum atomic E-state index is -1.46. The molecule has 0 saturated carbocycles. The third kappa shape index (κ3) is 5.61. The van der Waals surface area contributed by atoms with Crippen LogP contribution in [0.25, 0.3) is 22.3 Å². The second-order valence-corrected chi connectivity index (χ2v) is 24.7. The van der Waals surface area contributed by atoms with Gasteiger partial charge in [0.2, 0.25) is 22.8 Å². The fourth-order valence-electron chi connectivity index (χ4n) is 9.98. The summed E-state index contributed by atoms with van der Waals surface area (Å²) in [5.41, 5.74) is 9.52. The molecule has 322 valence electrons. The molecule has 65 heavy (non-hydrogen) atoms. The summed E-state index contributed by atoms with van der Waals surface area (Å²) < 4.78 is 14.8. The predicted molar refractivity (Wildman–Crippen MR) is 295 cm³/mol. The monoisotopic (exact) mass is 1520 g/mol. The van der Waals surface area contributed by atoms with E-state index >= 15 is 0 Å². The van der Waals surface area contributed by atoms with Crippen LogP contribution in [0, 0.1) is 0 Å². The molecule has 4 aromatic carbocycles. The van der Waals surface area contributed by atoms with Crippen LogP contribution in [0.15, 0.2) is 120 Å². The fraction of sp³-hybridized carbons (Fsp3) is 0.0222. The maximum Gasteiger partial charge on any atom is 0.554 e. The first kappa shape index (κ1) is 45.8. The first-order chi connectivity index (χ1) is 31.0. The third-order valence-electron chi connectivity index (χ3n) is 12.2. The number of halogens is 16. The lowest BCUT2D eigenvalue weighted by molar-refractivity contribution is -0.834. The van der Waals surface area contributed by atoms with Crippen LogP contribution >= 0.6 is 220 Å². The molecule has 4 nitrogen and oxygen atoms in total. The van der Waals surface area contributed by atoms with Gasteiger partial charge < -0.3 is 0 Å². The van der Waals surface area contributed by atoms with Crippen LogP contribution in [-0.2, 0) is 5.91 Å². The van der Waals surface area contributed by atoms with Gasteiger partial charge in [-0.25, -0.2) is 0 Å². The van der Waals surface area contributed by atoms with Crippen LogP contribution in [0.3, 0.4) is 0 Å². The molecule has 0 aliphatic carbocycles. The first-order valence-corrected chi connectivity index (χ1v) is 28.1. The third-order valence-corrected chi connectivity index (χ3v) is 23.0. The van der Waals surface area contributed by atoms with E-state index in [4.69, 9.17) is 92.8 Å². The number of hydrogen-bond donors (Lipinski definition) is 0. The Morgan fingerprint density at radius 1 is 0.354 bits per heavy atom. The van der Waals surface area contributed by atoms with Crippen molar-refractivity contribution in [1.82, 2.24) is 9.13 Å². The van der Waals surface area contributed by atoms with Crippen molar-refractivity contribution in [1.29, 1.82) is 0 Å². The summed E-state index contributed by atoms with van der Waals surface area (Å²) in [6.07, 6.45) is 0. The summed E-state index contributed by atoms with van der Waals surface area (Å²) in [6.45, 7) is 0. The lowest BCUT2D eigenvalue weighted by Crippen LogP contribution is -2.71. The lowest BCUT2D eigenvalue weighted by atomic mass is 9.92.